The van der Waals surface area contributed by atoms with Crippen molar-refractivity contribution in [1.29, 1.82) is 0 Å². The van der Waals surface area contributed by atoms with Crippen molar-refractivity contribution in [2.75, 3.05) is 23.2 Å². The first-order valence-corrected chi connectivity index (χ1v) is 9.79. The first-order valence-electron chi connectivity index (χ1n) is 8.80. The number of thioether (sulfide) groups is 1. The van der Waals surface area contributed by atoms with E-state index in [9.17, 15) is 9.18 Å². The molecule has 2 N–H and O–H groups in total. The summed E-state index contributed by atoms with van der Waals surface area (Å²) in [6.07, 6.45) is 0. The molecule has 7 nitrogen and oxygen atoms in total. The number of fused-ring (bicyclic) bond motifs is 1. The second-order valence-corrected chi connectivity index (χ2v) is 7.14. The number of rotatable bonds is 7. The van der Waals surface area contributed by atoms with E-state index in [1.54, 1.807) is 42.5 Å². The molecule has 0 spiro atoms. The van der Waals surface area contributed by atoms with Crippen LogP contribution in [0.4, 0.5) is 15.9 Å². The number of nitrogens with zero attached hydrogens (tertiary/aromatic N) is 2. The molecule has 0 radical (unpaired) electrons. The fourth-order valence-corrected chi connectivity index (χ4v) is 3.21. The van der Waals surface area contributed by atoms with Gasteiger partial charge in [-0.1, -0.05) is 23.9 Å². The van der Waals surface area contributed by atoms with E-state index in [0.717, 1.165) is 5.56 Å². The number of anilines is 2. The average molecular weight is 412 g/mol. The van der Waals surface area contributed by atoms with Crippen LogP contribution in [0.5, 0.6) is 11.5 Å². The lowest BCUT2D eigenvalue weighted by molar-refractivity contribution is -0.113. The molecule has 0 atom stereocenters. The normalized spacial score (nSPS) is 11.9. The molecule has 2 heterocycles. The van der Waals surface area contributed by atoms with Crippen molar-refractivity contribution in [3.63, 3.8) is 0 Å². The van der Waals surface area contributed by atoms with Crippen LogP contribution in [0.2, 0.25) is 0 Å². The van der Waals surface area contributed by atoms with Crippen molar-refractivity contribution < 1.29 is 18.7 Å². The average Bonchev–Trinajstić information content (AvgIpc) is 3.20. The van der Waals surface area contributed by atoms with E-state index < -0.39 is 0 Å². The van der Waals surface area contributed by atoms with Gasteiger partial charge in [-0.15, -0.1) is 10.2 Å². The zero-order valence-electron chi connectivity index (χ0n) is 15.2. The molecule has 0 aliphatic carbocycles. The quantitative estimate of drug-likeness (QED) is 0.573. The molecule has 0 saturated heterocycles. The Morgan fingerprint density at radius 1 is 1.03 bits per heavy atom. The number of hydrogen-bond donors (Lipinski definition) is 2. The van der Waals surface area contributed by atoms with Crippen LogP contribution >= 0.6 is 11.8 Å². The van der Waals surface area contributed by atoms with Crippen LogP contribution in [0.3, 0.4) is 0 Å². The Kier molecular flexibility index (Phi) is 5.76. The topological polar surface area (TPSA) is 85.4 Å². The predicted molar refractivity (Wildman–Crippen MR) is 108 cm³/mol. The third-order valence-corrected chi connectivity index (χ3v) is 4.95. The van der Waals surface area contributed by atoms with Gasteiger partial charge >= 0.3 is 0 Å². The van der Waals surface area contributed by atoms with Crippen molar-refractivity contribution >= 4 is 29.2 Å². The summed E-state index contributed by atoms with van der Waals surface area (Å²) >= 11 is 1.29. The fourth-order valence-electron chi connectivity index (χ4n) is 2.60. The monoisotopic (exact) mass is 412 g/mol. The van der Waals surface area contributed by atoms with E-state index in [4.69, 9.17) is 9.47 Å². The molecule has 0 saturated carbocycles. The molecule has 9 heteroatoms. The Balaban J connectivity index is 1.24. The highest BCUT2D eigenvalue weighted by Gasteiger charge is 2.14. The maximum atomic E-state index is 12.9. The Morgan fingerprint density at radius 2 is 1.86 bits per heavy atom. The fraction of sp³-hybridized carbons (Fsp3) is 0.150. The van der Waals surface area contributed by atoms with Crippen LogP contribution in [0.1, 0.15) is 5.56 Å². The number of aromatic nitrogens is 2. The molecule has 1 amide bonds. The van der Waals surface area contributed by atoms with Gasteiger partial charge in [0.05, 0.1) is 5.75 Å². The molecule has 1 aromatic heterocycles. The van der Waals surface area contributed by atoms with Crippen LogP contribution < -0.4 is 20.1 Å². The lowest BCUT2D eigenvalue weighted by Crippen LogP contribution is -2.14. The van der Waals surface area contributed by atoms with Crippen molar-refractivity contribution in [3.8, 4) is 11.5 Å². The van der Waals surface area contributed by atoms with Crippen molar-refractivity contribution in [2.45, 2.75) is 11.6 Å². The smallest absolute Gasteiger partial charge is 0.234 e. The van der Waals surface area contributed by atoms with Crippen molar-refractivity contribution in [3.05, 3.63) is 66.0 Å². The molecule has 148 valence electrons. The SMILES string of the molecule is O=C(CSc1ccc(NCc2ccc(F)cc2)nn1)Nc1ccc2c(c1)OCO2. The second kappa shape index (κ2) is 8.78. The number of amides is 1. The highest BCUT2D eigenvalue weighted by atomic mass is 32.2. The van der Waals surface area contributed by atoms with Crippen molar-refractivity contribution in [2.24, 2.45) is 0 Å². The number of benzene rings is 2. The maximum absolute atomic E-state index is 12.9. The number of hydrogen-bond acceptors (Lipinski definition) is 7. The molecular weight excluding hydrogens is 395 g/mol. The Bertz CT molecular complexity index is 1000. The summed E-state index contributed by atoms with van der Waals surface area (Å²) < 4.78 is 23.5. The van der Waals surface area contributed by atoms with Crippen LogP contribution in [0.25, 0.3) is 0 Å². The number of carbonyl (C=O) groups excluding carboxylic acids is 1. The first kappa shape index (κ1) is 19.0. The van der Waals surface area contributed by atoms with E-state index in [1.165, 1.54) is 23.9 Å². The highest BCUT2D eigenvalue weighted by Crippen LogP contribution is 2.34. The minimum atomic E-state index is -0.266. The summed E-state index contributed by atoms with van der Waals surface area (Å²) in [5.74, 6) is 1.66. The summed E-state index contributed by atoms with van der Waals surface area (Å²) in [5, 5.41) is 14.8. The second-order valence-electron chi connectivity index (χ2n) is 6.14. The summed E-state index contributed by atoms with van der Waals surface area (Å²) in [7, 11) is 0. The maximum Gasteiger partial charge on any atom is 0.234 e. The van der Waals surface area contributed by atoms with Gasteiger partial charge in [-0.05, 0) is 42.0 Å². The molecule has 1 aliphatic heterocycles. The molecule has 0 fully saturated rings. The van der Waals surface area contributed by atoms with Gasteiger partial charge in [0.25, 0.3) is 0 Å². The zero-order chi connectivity index (χ0) is 20.1. The van der Waals surface area contributed by atoms with Gasteiger partial charge in [0, 0.05) is 18.3 Å². The van der Waals surface area contributed by atoms with E-state index in [2.05, 4.69) is 20.8 Å². The van der Waals surface area contributed by atoms with Crippen molar-refractivity contribution in [1.82, 2.24) is 10.2 Å². The van der Waals surface area contributed by atoms with E-state index in [1.807, 2.05) is 0 Å². The largest absolute Gasteiger partial charge is 0.454 e. The Labute approximate surface area is 170 Å². The van der Waals surface area contributed by atoms with Crippen LogP contribution in [0, 0.1) is 5.82 Å². The van der Waals surface area contributed by atoms with Gasteiger partial charge in [0.15, 0.2) is 11.5 Å². The Hall–Kier alpha value is -3.33. The summed E-state index contributed by atoms with van der Waals surface area (Å²) in [6.45, 7) is 0.704. The van der Waals surface area contributed by atoms with Gasteiger partial charge in [-0.2, -0.15) is 0 Å². The highest BCUT2D eigenvalue weighted by molar-refractivity contribution is 7.99. The Morgan fingerprint density at radius 3 is 2.66 bits per heavy atom. The number of ether oxygens (including phenoxy) is 2. The van der Waals surface area contributed by atoms with Gasteiger partial charge in [0.2, 0.25) is 12.7 Å². The van der Waals surface area contributed by atoms with E-state index >= 15 is 0 Å². The summed E-state index contributed by atoms with van der Waals surface area (Å²) in [5.41, 5.74) is 1.58. The number of halogens is 1. The van der Waals surface area contributed by atoms with Crippen LogP contribution in [-0.2, 0) is 11.3 Å². The first-order chi connectivity index (χ1) is 14.2. The summed E-state index contributed by atoms with van der Waals surface area (Å²) in [6, 6.07) is 15.1. The number of nitrogens with one attached hydrogen (secondary N) is 2. The van der Waals surface area contributed by atoms with Crippen LogP contribution in [-0.4, -0.2) is 28.7 Å². The van der Waals surface area contributed by atoms with Crippen LogP contribution in [0.15, 0.2) is 59.6 Å². The van der Waals surface area contributed by atoms with Gasteiger partial charge < -0.3 is 20.1 Å². The molecule has 2 aromatic carbocycles. The standard InChI is InChI=1S/C20H17FN4O3S/c21-14-3-1-13(2-4-14)10-22-18-7-8-20(25-24-18)29-11-19(26)23-15-5-6-16-17(9-15)28-12-27-16/h1-9H,10-12H2,(H,22,24)(H,23,26). The minimum absolute atomic E-state index is 0.158. The lowest BCUT2D eigenvalue weighted by Gasteiger charge is -2.07. The van der Waals surface area contributed by atoms with Gasteiger partial charge in [0.1, 0.15) is 16.7 Å². The third-order valence-electron chi connectivity index (χ3n) is 4.03. The summed E-state index contributed by atoms with van der Waals surface area (Å²) in [4.78, 5) is 12.1. The molecule has 4 rings (SSSR count). The van der Waals surface area contributed by atoms with Gasteiger partial charge in [-0.25, -0.2) is 4.39 Å². The molecule has 1 aliphatic rings. The molecular formula is C20H17FN4O3S. The lowest BCUT2D eigenvalue weighted by atomic mass is 10.2. The minimum Gasteiger partial charge on any atom is -0.454 e. The van der Waals surface area contributed by atoms with E-state index in [0.29, 0.717) is 34.6 Å². The number of carbonyl (C=O) groups is 1. The molecule has 0 bridgehead atoms. The van der Waals surface area contributed by atoms with E-state index in [-0.39, 0.29) is 24.3 Å². The molecule has 3 aromatic rings. The molecule has 0 unspecified atom stereocenters. The van der Waals surface area contributed by atoms with Gasteiger partial charge in [-0.3, -0.25) is 4.79 Å². The third kappa shape index (κ3) is 5.14. The predicted octanol–water partition coefficient (Wildman–Crippen LogP) is 3.69. The zero-order valence-corrected chi connectivity index (χ0v) is 16.0. The molecule has 29 heavy (non-hydrogen) atoms.